The number of hydrogen-bond acceptors (Lipinski definition) is 6. The third kappa shape index (κ3) is 5.63. The Morgan fingerprint density at radius 3 is 2.80 bits per heavy atom. The van der Waals surface area contributed by atoms with Crippen molar-refractivity contribution in [2.75, 3.05) is 25.4 Å². The molecule has 9 heteroatoms. The molecule has 2 aromatic rings. The Hall–Kier alpha value is -1.87. The van der Waals surface area contributed by atoms with Crippen LogP contribution in [0.3, 0.4) is 0 Å². The highest BCUT2D eigenvalue weighted by Crippen LogP contribution is 2.33. The number of H-pyrrole nitrogens is 1. The number of thiophene rings is 1. The molecular weight excluding hydrogens is 420 g/mol. The molecule has 0 aliphatic heterocycles. The zero-order valence-electron chi connectivity index (χ0n) is 17.7. The summed E-state index contributed by atoms with van der Waals surface area (Å²) in [6, 6.07) is 0. The molecule has 2 amide bonds. The van der Waals surface area contributed by atoms with E-state index in [0.717, 1.165) is 42.3 Å². The van der Waals surface area contributed by atoms with E-state index in [1.54, 1.807) is 16.2 Å². The molecule has 7 nitrogen and oxygen atoms in total. The number of fused-ring (bicyclic) bond motifs is 3. The predicted octanol–water partition coefficient (Wildman–Crippen LogP) is 2.86. The van der Waals surface area contributed by atoms with Gasteiger partial charge < -0.3 is 15.2 Å². The third-order valence-electron chi connectivity index (χ3n) is 5.09. The summed E-state index contributed by atoms with van der Waals surface area (Å²) in [5.41, 5.74) is 1.11. The maximum atomic E-state index is 12.6. The van der Waals surface area contributed by atoms with Gasteiger partial charge in [0.05, 0.1) is 23.4 Å². The van der Waals surface area contributed by atoms with Crippen molar-refractivity contribution in [2.24, 2.45) is 0 Å². The molecule has 0 aromatic carbocycles. The van der Waals surface area contributed by atoms with Gasteiger partial charge in [0.1, 0.15) is 10.7 Å². The number of aryl methyl sites for hydroxylation is 2. The van der Waals surface area contributed by atoms with E-state index < -0.39 is 0 Å². The lowest BCUT2D eigenvalue weighted by Gasteiger charge is -2.21. The zero-order chi connectivity index (χ0) is 21.5. The lowest BCUT2D eigenvalue weighted by Crippen LogP contribution is -2.42. The van der Waals surface area contributed by atoms with Gasteiger partial charge >= 0.3 is 0 Å². The second-order valence-corrected chi connectivity index (χ2v) is 9.63. The molecule has 0 saturated heterocycles. The Labute approximate surface area is 185 Å². The van der Waals surface area contributed by atoms with Crippen LogP contribution in [0.5, 0.6) is 0 Å². The van der Waals surface area contributed by atoms with Crippen molar-refractivity contribution in [1.29, 1.82) is 0 Å². The summed E-state index contributed by atoms with van der Waals surface area (Å²) in [6.45, 7) is 5.25. The predicted molar refractivity (Wildman–Crippen MR) is 123 cm³/mol. The van der Waals surface area contributed by atoms with Crippen molar-refractivity contribution in [3.8, 4) is 0 Å². The normalized spacial score (nSPS) is 13.3. The third-order valence-corrected chi connectivity index (χ3v) is 7.21. The van der Waals surface area contributed by atoms with Crippen molar-refractivity contribution in [3.63, 3.8) is 0 Å². The average Bonchev–Trinajstić information content (AvgIpc) is 3.10. The van der Waals surface area contributed by atoms with Crippen LogP contribution in [0, 0.1) is 0 Å². The van der Waals surface area contributed by atoms with Gasteiger partial charge in [0.15, 0.2) is 0 Å². The van der Waals surface area contributed by atoms with Crippen LogP contribution in [-0.2, 0) is 28.2 Å². The maximum Gasteiger partial charge on any atom is 0.259 e. The van der Waals surface area contributed by atoms with Crippen LogP contribution in [0.4, 0.5) is 0 Å². The summed E-state index contributed by atoms with van der Waals surface area (Å²) in [7, 11) is 0. The van der Waals surface area contributed by atoms with E-state index in [4.69, 9.17) is 0 Å². The number of nitrogens with one attached hydrogen (secondary N) is 2. The molecule has 2 N–H and O–H groups in total. The molecule has 3 rings (SSSR count). The first-order valence-electron chi connectivity index (χ1n) is 10.7. The molecule has 1 aliphatic rings. The minimum Gasteiger partial charge on any atom is -0.355 e. The fourth-order valence-electron chi connectivity index (χ4n) is 3.66. The monoisotopic (exact) mass is 450 g/mol. The van der Waals surface area contributed by atoms with Gasteiger partial charge in [-0.2, -0.15) is 0 Å². The average molecular weight is 451 g/mol. The molecule has 164 valence electrons. The van der Waals surface area contributed by atoms with Crippen LogP contribution >= 0.6 is 23.1 Å². The van der Waals surface area contributed by atoms with Gasteiger partial charge in [0.2, 0.25) is 11.8 Å². The van der Waals surface area contributed by atoms with E-state index in [-0.39, 0.29) is 29.7 Å². The fraction of sp³-hybridized carbons (Fsp3) is 0.619. The van der Waals surface area contributed by atoms with E-state index in [9.17, 15) is 14.4 Å². The van der Waals surface area contributed by atoms with E-state index in [0.29, 0.717) is 24.7 Å². The highest BCUT2D eigenvalue weighted by molar-refractivity contribution is 7.99. The Balaban J connectivity index is 1.59. The minimum atomic E-state index is -0.123. The number of carbonyl (C=O) groups excluding carboxylic acids is 2. The van der Waals surface area contributed by atoms with Gasteiger partial charge in [0, 0.05) is 18.0 Å². The second-order valence-electron chi connectivity index (χ2n) is 7.56. The minimum absolute atomic E-state index is 0.0662. The number of amides is 2. The highest BCUT2D eigenvalue weighted by atomic mass is 32.2. The summed E-state index contributed by atoms with van der Waals surface area (Å²) >= 11 is 3.05. The number of nitrogens with zero attached hydrogens (tertiary/aromatic N) is 2. The molecule has 0 radical (unpaired) electrons. The number of aromatic nitrogens is 2. The van der Waals surface area contributed by atoms with E-state index in [1.165, 1.54) is 28.6 Å². The van der Waals surface area contributed by atoms with Crippen molar-refractivity contribution < 1.29 is 9.59 Å². The van der Waals surface area contributed by atoms with E-state index in [2.05, 4.69) is 15.3 Å². The number of rotatable bonds is 10. The molecule has 1 aliphatic carbocycles. The second kappa shape index (κ2) is 10.9. The van der Waals surface area contributed by atoms with Crippen molar-refractivity contribution in [1.82, 2.24) is 20.2 Å². The summed E-state index contributed by atoms with van der Waals surface area (Å²) in [6.07, 6.45) is 5.96. The molecule has 2 aromatic heterocycles. The topological polar surface area (TPSA) is 95.2 Å². The fourth-order valence-corrected chi connectivity index (χ4v) is 5.73. The van der Waals surface area contributed by atoms with Gasteiger partial charge in [-0.3, -0.25) is 14.4 Å². The number of hydrogen-bond donors (Lipinski definition) is 2. The van der Waals surface area contributed by atoms with Gasteiger partial charge in [-0.1, -0.05) is 13.8 Å². The van der Waals surface area contributed by atoms with Crippen LogP contribution < -0.4 is 10.9 Å². The molecular formula is C21H30N4O3S2. The largest absolute Gasteiger partial charge is 0.355 e. The lowest BCUT2D eigenvalue weighted by atomic mass is 9.97. The summed E-state index contributed by atoms with van der Waals surface area (Å²) < 4.78 is 0. The molecule has 30 heavy (non-hydrogen) atoms. The molecule has 0 unspecified atom stereocenters. The van der Waals surface area contributed by atoms with Crippen LogP contribution in [0.1, 0.15) is 55.8 Å². The summed E-state index contributed by atoms with van der Waals surface area (Å²) in [4.78, 5) is 48.4. The van der Waals surface area contributed by atoms with Crippen LogP contribution in [-0.4, -0.2) is 52.1 Å². The van der Waals surface area contributed by atoms with Crippen molar-refractivity contribution >= 4 is 45.1 Å². The Bertz CT molecular complexity index is 954. The SMILES string of the molecule is CCCNC(=O)CN(CCC)C(=O)CSCc1nc2sc3c(c2c(=O)[nH]1)CCCC3. The number of aromatic amines is 1. The Kier molecular flexibility index (Phi) is 8.32. The zero-order valence-corrected chi connectivity index (χ0v) is 19.3. The molecule has 0 bridgehead atoms. The van der Waals surface area contributed by atoms with Gasteiger partial charge in [0.25, 0.3) is 5.56 Å². The molecule has 0 spiro atoms. The van der Waals surface area contributed by atoms with E-state index in [1.807, 2.05) is 13.8 Å². The molecule has 0 saturated carbocycles. The van der Waals surface area contributed by atoms with Crippen molar-refractivity contribution in [2.45, 2.75) is 58.1 Å². The molecule has 0 atom stereocenters. The van der Waals surface area contributed by atoms with Crippen LogP contribution in [0.15, 0.2) is 4.79 Å². The van der Waals surface area contributed by atoms with E-state index >= 15 is 0 Å². The summed E-state index contributed by atoms with van der Waals surface area (Å²) in [5, 5.41) is 3.57. The lowest BCUT2D eigenvalue weighted by molar-refractivity contribution is -0.134. The van der Waals surface area contributed by atoms with Gasteiger partial charge in [-0.15, -0.1) is 23.1 Å². The van der Waals surface area contributed by atoms with Crippen LogP contribution in [0.25, 0.3) is 10.2 Å². The first-order valence-corrected chi connectivity index (χ1v) is 12.7. The highest BCUT2D eigenvalue weighted by Gasteiger charge is 2.20. The van der Waals surface area contributed by atoms with Crippen molar-refractivity contribution in [3.05, 3.63) is 26.6 Å². The Morgan fingerprint density at radius 1 is 1.23 bits per heavy atom. The van der Waals surface area contributed by atoms with Crippen LogP contribution in [0.2, 0.25) is 0 Å². The standard InChI is InChI=1S/C21H30N4O3S2/c1-3-9-22-17(26)11-25(10-4-2)18(27)13-29-12-16-23-20(28)19-14-7-5-6-8-15(14)30-21(19)24-16/h3-13H2,1-2H3,(H,22,26)(H,23,24,28). The quantitative estimate of drug-likeness (QED) is 0.580. The smallest absolute Gasteiger partial charge is 0.259 e. The number of carbonyl (C=O) groups is 2. The van der Waals surface area contributed by atoms with Gasteiger partial charge in [-0.25, -0.2) is 4.98 Å². The Morgan fingerprint density at radius 2 is 2.03 bits per heavy atom. The maximum absolute atomic E-state index is 12.6. The summed E-state index contributed by atoms with van der Waals surface area (Å²) in [5.74, 6) is 1.13. The first-order chi connectivity index (χ1) is 14.5. The first kappa shape index (κ1) is 22.8. The molecule has 2 heterocycles. The van der Waals surface area contributed by atoms with Gasteiger partial charge in [-0.05, 0) is 44.1 Å². The molecule has 0 fully saturated rings. The number of thioether (sulfide) groups is 1.